The van der Waals surface area contributed by atoms with Gasteiger partial charge in [0, 0.05) is 30.3 Å². The molecule has 1 aromatic heterocycles. The van der Waals surface area contributed by atoms with Gasteiger partial charge in [-0.15, -0.1) is 0 Å². The molecule has 0 fully saturated rings. The van der Waals surface area contributed by atoms with Crippen molar-refractivity contribution < 1.29 is 5.11 Å². The lowest BCUT2D eigenvalue weighted by molar-refractivity contribution is 0.455. The van der Waals surface area contributed by atoms with Crippen LogP contribution in [0.25, 0.3) is 18.2 Å². The van der Waals surface area contributed by atoms with E-state index in [1.807, 2.05) is 32.1 Å². The predicted octanol–water partition coefficient (Wildman–Crippen LogP) is 2.73. The number of H-pyrrole nitrogens is 1. The smallest absolute Gasteiger partial charge is 0.198 e. The molecule has 0 radical (unpaired) electrons. The Morgan fingerprint density at radius 1 is 1.40 bits per heavy atom. The molecule has 1 aromatic carbocycles. The Labute approximate surface area is 176 Å². The van der Waals surface area contributed by atoms with E-state index in [2.05, 4.69) is 52.5 Å². The molecule has 0 bridgehead atoms. The number of aromatic hydroxyl groups is 1. The molecule has 0 aliphatic heterocycles. The van der Waals surface area contributed by atoms with E-state index in [0.29, 0.717) is 23.5 Å². The van der Waals surface area contributed by atoms with Crippen molar-refractivity contribution in [3.05, 3.63) is 69.5 Å². The van der Waals surface area contributed by atoms with Gasteiger partial charge in [-0.05, 0) is 37.5 Å². The molecule has 2 aromatic rings. The maximum absolute atomic E-state index is 10.6. The number of nitrogens with zero attached hydrogens (tertiary/aromatic N) is 2. The summed E-state index contributed by atoms with van der Waals surface area (Å²) in [6.07, 6.45) is 8.72. The van der Waals surface area contributed by atoms with Gasteiger partial charge >= 0.3 is 0 Å². The molecule has 1 aliphatic rings. The molecule has 1 unspecified atom stereocenters. The SMILES string of the molecule is C=Cc1cccc(C)c1C1C#CC=c2[nH]c(O)c(C(C)=N/C(C=NCC)=C/N)c2=C1. The summed E-state index contributed by atoms with van der Waals surface area (Å²) in [6.45, 7) is 10.4. The van der Waals surface area contributed by atoms with Gasteiger partial charge in [-0.1, -0.05) is 48.8 Å². The second-order valence-corrected chi connectivity index (χ2v) is 6.95. The largest absolute Gasteiger partial charge is 0.494 e. The monoisotopic (exact) mass is 398 g/mol. The molecule has 152 valence electrons. The molecule has 0 spiro atoms. The van der Waals surface area contributed by atoms with Gasteiger partial charge in [-0.2, -0.15) is 0 Å². The van der Waals surface area contributed by atoms with Gasteiger partial charge in [0.1, 0.15) is 0 Å². The van der Waals surface area contributed by atoms with Crippen molar-refractivity contribution in [2.75, 3.05) is 6.54 Å². The summed E-state index contributed by atoms with van der Waals surface area (Å²) in [5.74, 6) is 6.32. The van der Waals surface area contributed by atoms with E-state index in [0.717, 1.165) is 27.3 Å². The van der Waals surface area contributed by atoms with Gasteiger partial charge in [-0.3, -0.25) is 4.99 Å². The summed E-state index contributed by atoms with van der Waals surface area (Å²) in [6, 6.07) is 6.12. The number of nitrogens with one attached hydrogen (secondary N) is 1. The highest BCUT2D eigenvalue weighted by Gasteiger charge is 2.17. The van der Waals surface area contributed by atoms with E-state index in [-0.39, 0.29) is 11.8 Å². The Kier molecular flexibility index (Phi) is 6.38. The van der Waals surface area contributed by atoms with E-state index in [1.165, 1.54) is 6.20 Å². The van der Waals surface area contributed by atoms with Crippen LogP contribution in [-0.2, 0) is 0 Å². The van der Waals surface area contributed by atoms with Crippen LogP contribution in [-0.4, -0.2) is 28.6 Å². The summed E-state index contributed by atoms with van der Waals surface area (Å²) in [7, 11) is 0. The highest BCUT2D eigenvalue weighted by molar-refractivity contribution is 6.03. The van der Waals surface area contributed by atoms with Crippen LogP contribution in [0.2, 0.25) is 0 Å². The Morgan fingerprint density at radius 2 is 2.20 bits per heavy atom. The number of benzene rings is 1. The minimum atomic E-state index is -0.148. The van der Waals surface area contributed by atoms with Crippen LogP contribution < -0.4 is 16.3 Å². The number of aliphatic imine (C=N–C) groups is 2. The van der Waals surface area contributed by atoms with Gasteiger partial charge < -0.3 is 15.8 Å². The van der Waals surface area contributed by atoms with Crippen molar-refractivity contribution >= 4 is 30.2 Å². The quantitative estimate of drug-likeness (QED) is 0.516. The zero-order valence-electron chi connectivity index (χ0n) is 17.5. The van der Waals surface area contributed by atoms with Crippen LogP contribution in [0.4, 0.5) is 0 Å². The van der Waals surface area contributed by atoms with E-state index in [1.54, 1.807) is 12.3 Å². The molecule has 4 N–H and O–H groups in total. The fourth-order valence-corrected chi connectivity index (χ4v) is 3.59. The maximum Gasteiger partial charge on any atom is 0.198 e. The van der Waals surface area contributed by atoms with E-state index in [9.17, 15) is 5.11 Å². The van der Waals surface area contributed by atoms with Crippen LogP contribution in [0.3, 0.4) is 0 Å². The number of aromatic nitrogens is 1. The third-order valence-electron chi connectivity index (χ3n) is 4.96. The Balaban J connectivity index is 2.20. The van der Waals surface area contributed by atoms with Gasteiger partial charge in [0.15, 0.2) is 5.88 Å². The summed E-state index contributed by atoms with van der Waals surface area (Å²) < 4.78 is 0. The van der Waals surface area contributed by atoms with E-state index < -0.39 is 0 Å². The first-order valence-corrected chi connectivity index (χ1v) is 9.83. The van der Waals surface area contributed by atoms with Crippen molar-refractivity contribution in [1.82, 2.24) is 4.98 Å². The average molecular weight is 399 g/mol. The summed E-state index contributed by atoms with van der Waals surface area (Å²) in [5, 5.41) is 12.2. The molecule has 0 amide bonds. The minimum absolute atomic E-state index is 0.0497. The first kappa shape index (κ1) is 20.9. The fraction of sp³-hybridized carbons (Fsp3) is 0.200. The minimum Gasteiger partial charge on any atom is -0.494 e. The molecule has 3 rings (SSSR count). The van der Waals surface area contributed by atoms with Crippen LogP contribution in [0.15, 0.2) is 46.7 Å². The standard InChI is InChI=1S/C25H26N4O/c1-5-18-10-7-9-16(3)23(18)19-11-8-12-22-21(13-19)24(25(30)29-22)17(4)28-20(14-26)15-27-6-2/h5,7,9-10,12-15,19,29-30H,1,6,26H2,2-4H3/b20-14+,27-15?,28-17?. The Hall–Kier alpha value is -3.78. The normalized spacial score (nSPS) is 16.2. The van der Waals surface area contributed by atoms with Gasteiger partial charge in [0.05, 0.1) is 28.2 Å². The molecular formula is C25H26N4O. The van der Waals surface area contributed by atoms with E-state index >= 15 is 0 Å². The number of fused-ring (bicyclic) bond motifs is 1. The lowest BCUT2D eigenvalue weighted by atomic mass is 9.89. The van der Waals surface area contributed by atoms with Crippen molar-refractivity contribution in [2.24, 2.45) is 15.7 Å². The molecule has 0 saturated carbocycles. The molecule has 1 aliphatic carbocycles. The van der Waals surface area contributed by atoms with Gasteiger partial charge in [0.25, 0.3) is 0 Å². The first-order valence-electron chi connectivity index (χ1n) is 9.83. The van der Waals surface area contributed by atoms with Crippen LogP contribution in [0.5, 0.6) is 5.88 Å². The number of hydrogen-bond donors (Lipinski definition) is 3. The lowest BCUT2D eigenvalue weighted by Crippen LogP contribution is -2.27. The molecule has 1 atom stereocenters. The number of hydrogen-bond acceptors (Lipinski definition) is 4. The molecule has 5 nitrogen and oxygen atoms in total. The third-order valence-corrected chi connectivity index (χ3v) is 4.96. The maximum atomic E-state index is 10.6. The van der Waals surface area contributed by atoms with Crippen molar-refractivity contribution in [1.29, 1.82) is 0 Å². The number of nitrogens with two attached hydrogens (primary N) is 1. The topological polar surface area (TPSA) is 86.8 Å². The highest BCUT2D eigenvalue weighted by atomic mass is 16.3. The molecule has 0 saturated heterocycles. The summed E-state index contributed by atoms with van der Waals surface area (Å²) in [5.41, 5.74) is 10.8. The zero-order valence-corrected chi connectivity index (χ0v) is 17.5. The number of allylic oxidation sites excluding steroid dienone is 1. The van der Waals surface area contributed by atoms with Crippen molar-refractivity contribution in [3.63, 3.8) is 0 Å². The highest BCUT2D eigenvalue weighted by Crippen LogP contribution is 2.26. The zero-order chi connectivity index (χ0) is 21.7. The molecule has 5 heteroatoms. The summed E-state index contributed by atoms with van der Waals surface area (Å²) in [4.78, 5) is 11.8. The Morgan fingerprint density at radius 3 is 2.90 bits per heavy atom. The number of aryl methyl sites for hydroxylation is 1. The van der Waals surface area contributed by atoms with Crippen LogP contribution in [0.1, 0.15) is 42.0 Å². The second-order valence-electron chi connectivity index (χ2n) is 6.95. The third kappa shape index (κ3) is 4.13. The fourth-order valence-electron chi connectivity index (χ4n) is 3.59. The Bertz CT molecular complexity index is 1250. The van der Waals surface area contributed by atoms with Gasteiger partial charge in [0.2, 0.25) is 0 Å². The van der Waals surface area contributed by atoms with Gasteiger partial charge in [-0.25, -0.2) is 4.99 Å². The predicted molar refractivity (Wildman–Crippen MR) is 126 cm³/mol. The molecule has 1 heterocycles. The average Bonchev–Trinajstić information content (AvgIpc) is 2.91. The first-order chi connectivity index (χ1) is 14.5. The molecule has 30 heavy (non-hydrogen) atoms. The molecular weight excluding hydrogens is 372 g/mol. The van der Waals surface area contributed by atoms with Crippen molar-refractivity contribution in [3.8, 4) is 17.7 Å². The lowest BCUT2D eigenvalue weighted by Gasteiger charge is -2.14. The van der Waals surface area contributed by atoms with E-state index in [4.69, 9.17) is 5.73 Å². The van der Waals surface area contributed by atoms with Crippen molar-refractivity contribution in [2.45, 2.75) is 26.7 Å². The van der Waals surface area contributed by atoms with Crippen LogP contribution >= 0.6 is 0 Å². The second kappa shape index (κ2) is 9.15. The number of rotatable bonds is 6. The summed E-state index contributed by atoms with van der Waals surface area (Å²) >= 11 is 0. The number of aromatic amines is 1. The van der Waals surface area contributed by atoms with Crippen LogP contribution in [0, 0.1) is 18.8 Å².